The standard InChI is InChI=1S/C19H15N5/c20-12-7-5-11(6-8-12)18-15-9-21-19-17(15)14(10-22-24-19)13-3-1-2-4-16(13)23-18/h1-10,18,23H,20H2,(H,21,24). The van der Waals surface area contributed by atoms with Crippen molar-refractivity contribution < 1.29 is 0 Å². The first-order chi connectivity index (χ1) is 11.8. The number of para-hydroxylation sites is 1. The number of anilines is 2. The molecular weight excluding hydrogens is 298 g/mol. The molecule has 0 amide bonds. The van der Waals surface area contributed by atoms with Crippen LogP contribution in [0.2, 0.25) is 0 Å². The van der Waals surface area contributed by atoms with Gasteiger partial charge >= 0.3 is 0 Å². The molecule has 5 rings (SSSR count). The second kappa shape index (κ2) is 4.83. The van der Waals surface area contributed by atoms with Gasteiger partial charge in [-0.15, -0.1) is 5.10 Å². The van der Waals surface area contributed by atoms with Crippen LogP contribution in [-0.2, 0) is 0 Å². The minimum Gasteiger partial charge on any atom is -0.399 e. The number of benzene rings is 2. The van der Waals surface area contributed by atoms with E-state index in [-0.39, 0.29) is 6.04 Å². The molecule has 0 saturated heterocycles. The maximum atomic E-state index is 5.85. The number of hydrogen-bond donors (Lipinski definition) is 3. The molecule has 1 aliphatic heterocycles. The summed E-state index contributed by atoms with van der Waals surface area (Å²) < 4.78 is 0. The summed E-state index contributed by atoms with van der Waals surface area (Å²) in [6, 6.07) is 16.3. The molecule has 0 bridgehead atoms. The molecule has 5 heteroatoms. The minimum atomic E-state index is 0.0194. The van der Waals surface area contributed by atoms with Gasteiger partial charge in [-0.3, -0.25) is 0 Å². The number of nitrogen functional groups attached to an aromatic ring is 1. The molecule has 0 radical (unpaired) electrons. The third-order valence-electron chi connectivity index (χ3n) is 4.60. The highest BCUT2D eigenvalue weighted by Crippen LogP contribution is 2.42. The molecule has 1 unspecified atom stereocenters. The van der Waals surface area contributed by atoms with E-state index in [1.54, 1.807) is 0 Å². The van der Waals surface area contributed by atoms with Crippen molar-refractivity contribution in [2.45, 2.75) is 6.04 Å². The summed E-state index contributed by atoms with van der Waals surface area (Å²) in [5.74, 6) is 0. The van der Waals surface area contributed by atoms with Gasteiger partial charge in [0, 0.05) is 39.6 Å². The number of rotatable bonds is 1. The van der Waals surface area contributed by atoms with E-state index in [0.717, 1.165) is 44.7 Å². The van der Waals surface area contributed by atoms with Gasteiger partial charge in [0.25, 0.3) is 0 Å². The van der Waals surface area contributed by atoms with Gasteiger partial charge in [0.15, 0.2) is 5.65 Å². The van der Waals surface area contributed by atoms with Crippen molar-refractivity contribution >= 4 is 22.4 Å². The van der Waals surface area contributed by atoms with Crippen LogP contribution in [0.4, 0.5) is 11.4 Å². The van der Waals surface area contributed by atoms with Crippen LogP contribution in [0.25, 0.3) is 22.2 Å². The van der Waals surface area contributed by atoms with Crippen molar-refractivity contribution in [3.63, 3.8) is 0 Å². The van der Waals surface area contributed by atoms with Crippen molar-refractivity contribution in [2.24, 2.45) is 0 Å². The molecular formula is C19H15N5. The van der Waals surface area contributed by atoms with Gasteiger partial charge < -0.3 is 16.0 Å². The zero-order valence-corrected chi connectivity index (χ0v) is 12.8. The zero-order valence-electron chi connectivity index (χ0n) is 12.8. The summed E-state index contributed by atoms with van der Waals surface area (Å²) in [4.78, 5) is 3.25. The van der Waals surface area contributed by atoms with Gasteiger partial charge in [0.2, 0.25) is 0 Å². The average Bonchev–Trinajstić information content (AvgIpc) is 2.98. The first kappa shape index (κ1) is 13.1. The number of aromatic amines is 1. The Bertz CT molecular complexity index is 1050. The van der Waals surface area contributed by atoms with Gasteiger partial charge in [0.1, 0.15) is 0 Å². The highest BCUT2D eigenvalue weighted by atomic mass is 15.1. The Morgan fingerprint density at radius 1 is 0.958 bits per heavy atom. The molecule has 2 aromatic heterocycles. The summed E-state index contributed by atoms with van der Waals surface area (Å²) in [5.41, 5.74) is 13.1. The lowest BCUT2D eigenvalue weighted by molar-refractivity contribution is 0.953. The van der Waals surface area contributed by atoms with E-state index in [9.17, 15) is 0 Å². The summed E-state index contributed by atoms with van der Waals surface area (Å²) >= 11 is 0. The average molecular weight is 313 g/mol. The Hall–Kier alpha value is -3.34. The van der Waals surface area contributed by atoms with Gasteiger partial charge in [-0.2, -0.15) is 5.10 Å². The van der Waals surface area contributed by atoms with E-state index in [2.05, 4.69) is 44.8 Å². The van der Waals surface area contributed by atoms with E-state index in [4.69, 9.17) is 5.73 Å². The lowest BCUT2D eigenvalue weighted by atomic mass is 9.97. The fourth-order valence-electron chi connectivity index (χ4n) is 3.46. The number of hydrogen-bond acceptors (Lipinski definition) is 4. The van der Waals surface area contributed by atoms with E-state index in [0.29, 0.717) is 0 Å². The molecule has 116 valence electrons. The topological polar surface area (TPSA) is 79.6 Å². The number of nitrogens with one attached hydrogen (secondary N) is 2. The normalized spacial score (nSPS) is 15.6. The largest absolute Gasteiger partial charge is 0.399 e. The number of H-pyrrole nitrogens is 1. The van der Waals surface area contributed by atoms with Crippen LogP contribution in [0.15, 0.2) is 60.9 Å². The molecule has 3 heterocycles. The molecule has 0 aliphatic carbocycles. The van der Waals surface area contributed by atoms with Crippen molar-refractivity contribution in [3.05, 3.63) is 72.1 Å². The Morgan fingerprint density at radius 3 is 2.67 bits per heavy atom. The maximum Gasteiger partial charge on any atom is 0.160 e. The predicted molar refractivity (Wildman–Crippen MR) is 95.6 cm³/mol. The van der Waals surface area contributed by atoms with Crippen molar-refractivity contribution in [3.8, 4) is 11.1 Å². The van der Waals surface area contributed by atoms with Gasteiger partial charge in [-0.25, -0.2) is 0 Å². The summed E-state index contributed by atoms with van der Waals surface area (Å²) in [7, 11) is 0. The lowest BCUT2D eigenvalue weighted by Gasteiger charge is -2.19. The fraction of sp³-hybridized carbons (Fsp3) is 0.0526. The Labute approximate surface area is 138 Å². The van der Waals surface area contributed by atoms with E-state index in [1.807, 2.05) is 36.7 Å². The van der Waals surface area contributed by atoms with Crippen LogP contribution in [-0.4, -0.2) is 15.2 Å². The van der Waals surface area contributed by atoms with Crippen molar-refractivity contribution in [1.29, 1.82) is 0 Å². The van der Waals surface area contributed by atoms with Crippen LogP contribution in [0.1, 0.15) is 17.2 Å². The summed E-state index contributed by atoms with van der Waals surface area (Å²) in [5, 5.41) is 13.2. The molecule has 2 aromatic carbocycles. The van der Waals surface area contributed by atoms with Crippen LogP contribution >= 0.6 is 0 Å². The molecule has 1 atom stereocenters. The molecule has 4 N–H and O–H groups in total. The number of nitrogens with two attached hydrogens (primary N) is 1. The first-order valence-corrected chi connectivity index (χ1v) is 7.85. The van der Waals surface area contributed by atoms with E-state index < -0.39 is 0 Å². The highest BCUT2D eigenvalue weighted by Gasteiger charge is 2.26. The van der Waals surface area contributed by atoms with Crippen molar-refractivity contribution in [2.75, 3.05) is 11.1 Å². The Balaban J connectivity index is 1.83. The molecule has 0 saturated carbocycles. The van der Waals surface area contributed by atoms with E-state index >= 15 is 0 Å². The highest BCUT2D eigenvalue weighted by molar-refractivity contribution is 6.00. The SMILES string of the molecule is Nc1ccc(C2Nc3ccccc3-c3cnnc4[nH]cc2c34)cc1. The number of fused-ring (bicyclic) bond motifs is 2. The Morgan fingerprint density at radius 2 is 1.79 bits per heavy atom. The zero-order chi connectivity index (χ0) is 16.1. The first-order valence-electron chi connectivity index (χ1n) is 7.85. The molecule has 0 spiro atoms. The second-order valence-corrected chi connectivity index (χ2v) is 6.02. The van der Waals surface area contributed by atoms with Gasteiger partial charge in [0.05, 0.1) is 12.2 Å². The van der Waals surface area contributed by atoms with Gasteiger partial charge in [-0.1, -0.05) is 30.3 Å². The predicted octanol–water partition coefficient (Wildman–Crippen LogP) is 3.72. The third kappa shape index (κ3) is 1.81. The van der Waals surface area contributed by atoms with Crippen LogP contribution < -0.4 is 11.1 Å². The summed E-state index contributed by atoms with van der Waals surface area (Å²) in [6.45, 7) is 0. The maximum absolute atomic E-state index is 5.85. The minimum absolute atomic E-state index is 0.0194. The fourth-order valence-corrected chi connectivity index (χ4v) is 3.46. The summed E-state index contributed by atoms with van der Waals surface area (Å²) in [6.07, 6.45) is 3.86. The Kier molecular flexibility index (Phi) is 2.64. The molecule has 5 nitrogen and oxygen atoms in total. The number of nitrogens with zero attached hydrogens (tertiary/aromatic N) is 2. The quantitative estimate of drug-likeness (QED) is 0.468. The van der Waals surface area contributed by atoms with E-state index in [1.165, 1.54) is 0 Å². The second-order valence-electron chi connectivity index (χ2n) is 6.02. The smallest absolute Gasteiger partial charge is 0.160 e. The van der Waals surface area contributed by atoms with Crippen molar-refractivity contribution in [1.82, 2.24) is 15.2 Å². The molecule has 0 fully saturated rings. The van der Waals surface area contributed by atoms with Crippen LogP contribution in [0.3, 0.4) is 0 Å². The monoisotopic (exact) mass is 313 g/mol. The lowest BCUT2D eigenvalue weighted by Crippen LogP contribution is -2.11. The van der Waals surface area contributed by atoms with Crippen LogP contribution in [0, 0.1) is 0 Å². The van der Waals surface area contributed by atoms with Gasteiger partial charge in [-0.05, 0) is 23.8 Å². The molecule has 4 aromatic rings. The molecule has 1 aliphatic rings. The van der Waals surface area contributed by atoms with Crippen LogP contribution in [0.5, 0.6) is 0 Å². The molecule has 24 heavy (non-hydrogen) atoms. The number of aromatic nitrogens is 3. The third-order valence-corrected chi connectivity index (χ3v) is 4.60.